The van der Waals surface area contributed by atoms with Gasteiger partial charge in [0.05, 0.1) is 0 Å². The number of carbonyl (C=O) groups excluding carboxylic acids is 1. The molecule has 4 nitrogen and oxygen atoms in total. The third-order valence-electron chi connectivity index (χ3n) is 5.44. The van der Waals surface area contributed by atoms with Crippen LogP contribution in [0.15, 0.2) is 24.3 Å². The second kappa shape index (κ2) is 10.2. The minimum absolute atomic E-state index is 0. The van der Waals surface area contributed by atoms with E-state index in [1.807, 2.05) is 12.1 Å². The first-order valence-electron chi connectivity index (χ1n) is 9.02. The number of benzene rings is 1. The number of anilines is 2. The van der Waals surface area contributed by atoms with Crippen LogP contribution in [0.3, 0.4) is 0 Å². The molecule has 0 radical (unpaired) electrons. The van der Waals surface area contributed by atoms with Crippen molar-refractivity contribution in [2.75, 3.05) is 23.3 Å². The Bertz CT molecular complexity index is 547. The van der Waals surface area contributed by atoms with Crippen molar-refractivity contribution in [3.63, 3.8) is 0 Å². The summed E-state index contributed by atoms with van der Waals surface area (Å²) in [6.45, 7) is 4.53. The summed E-state index contributed by atoms with van der Waals surface area (Å²) in [5, 5.41) is 3.06. The number of amides is 1. The van der Waals surface area contributed by atoms with E-state index in [1.54, 1.807) is 0 Å². The Morgan fingerprint density at radius 1 is 1.20 bits per heavy atom. The van der Waals surface area contributed by atoms with Crippen LogP contribution in [-0.4, -0.2) is 25.0 Å². The number of nitrogens with zero attached hydrogens (tertiary/aromatic N) is 1. The van der Waals surface area contributed by atoms with Crippen molar-refractivity contribution in [2.24, 2.45) is 17.6 Å². The number of hydrogen-bond acceptors (Lipinski definition) is 3. The van der Waals surface area contributed by atoms with Crippen molar-refractivity contribution >= 4 is 42.1 Å². The van der Waals surface area contributed by atoms with Gasteiger partial charge >= 0.3 is 0 Å². The number of rotatable bonds is 4. The largest absolute Gasteiger partial charge is 0.371 e. The van der Waals surface area contributed by atoms with Gasteiger partial charge in [0.2, 0.25) is 5.91 Å². The van der Waals surface area contributed by atoms with Crippen molar-refractivity contribution in [3.8, 4) is 0 Å². The van der Waals surface area contributed by atoms with Gasteiger partial charge in [-0.3, -0.25) is 4.79 Å². The molecule has 1 saturated carbocycles. The molecule has 1 aromatic rings. The predicted molar refractivity (Wildman–Crippen MR) is 110 cm³/mol. The molecule has 1 amide bonds. The summed E-state index contributed by atoms with van der Waals surface area (Å²) in [4.78, 5) is 14.7. The number of hydrogen-bond donors (Lipinski definition) is 2. The maximum atomic E-state index is 12.3. The van der Waals surface area contributed by atoms with Gasteiger partial charge in [-0.05, 0) is 55.7 Å². The summed E-state index contributed by atoms with van der Waals surface area (Å²) in [7, 11) is 0. The third-order valence-corrected chi connectivity index (χ3v) is 5.44. The van der Waals surface area contributed by atoms with Gasteiger partial charge in [0.25, 0.3) is 0 Å². The molecule has 1 saturated heterocycles. The predicted octanol–water partition coefficient (Wildman–Crippen LogP) is 4.22. The minimum atomic E-state index is 0. The first kappa shape index (κ1) is 22.1. The maximum absolute atomic E-state index is 12.3. The highest BCUT2D eigenvalue weighted by atomic mass is 35.5. The van der Waals surface area contributed by atoms with Crippen molar-refractivity contribution in [3.05, 3.63) is 24.3 Å². The van der Waals surface area contributed by atoms with Crippen molar-refractivity contribution in [2.45, 2.75) is 51.5 Å². The maximum Gasteiger partial charge on any atom is 0.224 e. The lowest BCUT2D eigenvalue weighted by Gasteiger charge is -2.32. The molecule has 25 heavy (non-hydrogen) atoms. The van der Waals surface area contributed by atoms with Crippen molar-refractivity contribution in [1.29, 1.82) is 0 Å². The van der Waals surface area contributed by atoms with Crippen LogP contribution in [0.5, 0.6) is 0 Å². The Labute approximate surface area is 163 Å². The highest BCUT2D eigenvalue weighted by Gasteiger charge is 2.26. The van der Waals surface area contributed by atoms with Gasteiger partial charge in [-0.2, -0.15) is 0 Å². The number of halogens is 2. The van der Waals surface area contributed by atoms with E-state index >= 15 is 0 Å². The molecule has 3 rings (SSSR count). The molecule has 6 heteroatoms. The monoisotopic (exact) mass is 387 g/mol. The first-order valence-corrected chi connectivity index (χ1v) is 9.02. The number of piperidine rings is 1. The van der Waals surface area contributed by atoms with E-state index in [4.69, 9.17) is 5.73 Å². The van der Waals surface area contributed by atoms with E-state index in [2.05, 4.69) is 29.3 Å². The van der Waals surface area contributed by atoms with E-state index in [0.29, 0.717) is 12.3 Å². The smallest absolute Gasteiger partial charge is 0.224 e. The molecule has 1 aromatic carbocycles. The lowest BCUT2D eigenvalue weighted by Crippen LogP contribution is -2.32. The Kier molecular flexibility index (Phi) is 9.04. The molecule has 142 valence electrons. The van der Waals surface area contributed by atoms with Gasteiger partial charge in [0, 0.05) is 36.9 Å². The molecule has 3 N–H and O–H groups in total. The Morgan fingerprint density at radius 3 is 2.56 bits per heavy atom. The molecular formula is C19H31Cl2N3O. The van der Waals surface area contributed by atoms with Crippen molar-refractivity contribution < 1.29 is 4.79 Å². The summed E-state index contributed by atoms with van der Waals surface area (Å²) in [5.74, 6) is 1.27. The molecular weight excluding hydrogens is 357 g/mol. The summed E-state index contributed by atoms with van der Waals surface area (Å²) in [6.07, 6.45) is 6.34. The van der Waals surface area contributed by atoms with Crippen LogP contribution in [-0.2, 0) is 4.79 Å². The quantitative estimate of drug-likeness (QED) is 0.812. The van der Waals surface area contributed by atoms with E-state index in [-0.39, 0.29) is 36.8 Å². The van der Waals surface area contributed by atoms with Crippen LogP contribution >= 0.6 is 24.8 Å². The lowest BCUT2D eigenvalue weighted by molar-refractivity contribution is -0.117. The molecule has 0 bridgehead atoms. The Morgan fingerprint density at radius 2 is 1.92 bits per heavy atom. The Balaban J connectivity index is 0.00000156. The molecule has 1 aliphatic heterocycles. The zero-order valence-electron chi connectivity index (χ0n) is 14.9. The van der Waals surface area contributed by atoms with E-state index in [1.165, 1.54) is 18.5 Å². The molecule has 0 unspecified atom stereocenters. The first-order chi connectivity index (χ1) is 11.1. The zero-order chi connectivity index (χ0) is 16.2. The summed E-state index contributed by atoms with van der Waals surface area (Å²) < 4.78 is 0. The van der Waals surface area contributed by atoms with Gasteiger partial charge in [0.1, 0.15) is 0 Å². The second-order valence-electron chi connectivity index (χ2n) is 7.33. The van der Waals surface area contributed by atoms with Gasteiger partial charge in [-0.25, -0.2) is 0 Å². The summed E-state index contributed by atoms with van der Waals surface area (Å²) in [5.41, 5.74) is 8.18. The molecule has 2 aliphatic rings. The van der Waals surface area contributed by atoms with Crippen LogP contribution in [0, 0.1) is 11.8 Å². The van der Waals surface area contributed by atoms with Gasteiger partial charge in [-0.15, -0.1) is 24.8 Å². The molecule has 1 aliphatic carbocycles. The average Bonchev–Trinajstić information content (AvgIpc) is 2.93. The van der Waals surface area contributed by atoms with Crippen molar-refractivity contribution in [1.82, 2.24) is 0 Å². The molecule has 2 atom stereocenters. The fraction of sp³-hybridized carbons (Fsp3) is 0.632. The molecule has 0 aromatic heterocycles. The SMILES string of the molecule is CC1CCN(c2cccc(NC(=O)C[C@@H]3CCC[C@H]3N)c2)CC1.Cl.Cl. The van der Waals surface area contributed by atoms with Gasteiger partial charge < -0.3 is 16.0 Å². The second-order valence-corrected chi connectivity index (χ2v) is 7.33. The van der Waals surface area contributed by atoms with Gasteiger partial charge in [0.15, 0.2) is 0 Å². The molecule has 0 spiro atoms. The van der Waals surface area contributed by atoms with Crippen LogP contribution in [0.4, 0.5) is 11.4 Å². The van der Waals surface area contributed by atoms with Gasteiger partial charge in [-0.1, -0.05) is 19.4 Å². The summed E-state index contributed by atoms with van der Waals surface area (Å²) in [6, 6.07) is 8.44. The normalized spacial score (nSPS) is 23.5. The van der Waals surface area contributed by atoms with Crippen LogP contribution in [0.25, 0.3) is 0 Å². The fourth-order valence-corrected chi connectivity index (χ4v) is 3.82. The highest BCUT2D eigenvalue weighted by Crippen LogP contribution is 2.28. The van der Waals surface area contributed by atoms with Crippen LogP contribution in [0.1, 0.15) is 45.4 Å². The third kappa shape index (κ3) is 6.05. The lowest BCUT2D eigenvalue weighted by atomic mass is 9.98. The average molecular weight is 388 g/mol. The molecule has 2 fully saturated rings. The zero-order valence-corrected chi connectivity index (χ0v) is 16.6. The topological polar surface area (TPSA) is 58.4 Å². The van der Waals surface area contributed by atoms with Crippen LogP contribution in [0.2, 0.25) is 0 Å². The molecule has 1 heterocycles. The Hall–Kier alpha value is -0.970. The van der Waals surface area contributed by atoms with E-state index in [0.717, 1.165) is 44.0 Å². The standard InChI is InChI=1S/C19H29N3O.2ClH/c1-14-8-10-22(11-9-14)17-6-3-5-16(13-17)21-19(23)12-15-4-2-7-18(15)20;;/h3,5-6,13-15,18H,2,4,7-12,20H2,1H3,(H,21,23);2*1H/t15-,18+;;/m0../s1. The minimum Gasteiger partial charge on any atom is -0.371 e. The van der Waals surface area contributed by atoms with E-state index < -0.39 is 0 Å². The fourth-order valence-electron chi connectivity index (χ4n) is 3.82. The van der Waals surface area contributed by atoms with E-state index in [9.17, 15) is 4.79 Å². The summed E-state index contributed by atoms with van der Waals surface area (Å²) >= 11 is 0. The highest BCUT2D eigenvalue weighted by molar-refractivity contribution is 5.91. The van der Waals surface area contributed by atoms with Crippen LogP contribution < -0.4 is 16.0 Å². The number of nitrogens with two attached hydrogens (primary N) is 1. The number of nitrogens with one attached hydrogen (secondary N) is 1. The number of carbonyl (C=O) groups is 1.